The van der Waals surface area contributed by atoms with Crippen molar-refractivity contribution in [3.8, 4) is 0 Å². The molecule has 6 heteroatoms. The molecule has 5 nitrogen and oxygen atoms in total. The van der Waals surface area contributed by atoms with Gasteiger partial charge in [0.05, 0.1) is 19.2 Å². The van der Waals surface area contributed by atoms with Gasteiger partial charge in [-0.15, -0.1) is 0 Å². The van der Waals surface area contributed by atoms with E-state index in [0.717, 1.165) is 18.4 Å². The predicted molar refractivity (Wildman–Crippen MR) is 87.5 cm³/mol. The summed E-state index contributed by atoms with van der Waals surface area (Å²) in [6, 6.07) is -0.308. The van der Waals surface area contributed by atoms with Gasteiger partial charge < -0.3 is 9.53 Å². The second-order valence-corrected chi connectivity index (χ2v) is 12.7. The van der Waals surface area contributed by atoms with Crippen LogP contribution in [0.2, 0.25) is 18.1 Å². The molecule has 0 aromatic rings. The number of carbonyl (C=O) groups excluding carboxylic acids is 1. The maximum absolute atomic E-state index is 11.8. The molecule has 0 unspecified atom stereocenters. The summed E-state index contributed by atoms with van der Waals surface area (Å²) in [5.41, 5.74) is 0.956. The first-order valence-corrected chi connectivity index (χ1v) is 10.8. The van der Waals surface area contributed by atoms with Gasteiger partial charge in [-0.05, 0) is 48.5 Å². The van der Waals surface area contributed by atoms with Crippen LogP contribution in [0.5, 0.6) is 0 Å². The molecule has 1 aliphatic heterocycles. The Labute approximate surface area is 133 Å². The van der Waals surface area contributed by atoms with Gasteiger partial charge in [0.2, 0.25) is 0 Å². The first kappa shape index (κ1) is 17.2. The molecule has 1 amide bonds. The summed E-state index contributed by atoms with van der Waals surface area (Å²) < 4.78 is 6.24. The van der Waals surface area contributed by atoms with E-state index < -0.39 is 14.4 Å². The summed E-state index contributed by atoms with van der Waals surface area (Å²) in [7, 11) is -1.95. The van der Waals surface area contributed by atoms with E-state index in [4.69, 9.17) is 4.43 Å². The Balaban J connectivity index is 2.18. The molecule has 1 saturated carbocycles. The predicted octanol–water partition coefficient (Wildman–Crippen LogP) is 3.28. The maximum atomic E-state index is 11.8. The van der Waals surface area contributed by atoms with Gasteiger partial charge in [0, 0.05) is 0 Å². The molecule has 0 spiro atoms. The van der Waals surface area contributed by atoms with Crippen LogP contribution >= 0.6 is 0 Å². The highest BCUT2D eigenvalue weighted by atomic mass is 28.4. The highest BCUT2D eigenvalue weighted by molar-refractivity contribution is 6.74. The van der Waals surface area contributed by atoms with Crippen LogP contribution in [-0.4, -0.2) is 49.4 Å². The third-order valence-corrected chi connectivity index (χ3v) is 9.62. The molecular formula is C16H27NO4Si. The second-order valence-electron chi connectivity index (χ2n) is 7.88. The summed E-state index contributed by atoms with van der Waals surface area (Å²) in [5.74, 6) is 0.243. The van der Waals surface area contributed by atoms with E-state index in [2.05, 4.69) is 33.9 Å². The standard InChI is InChI=1S/C16H27NO4Si/c1-16(2,3)22(4,5)21-10-14-13(11-6-7-11)8-12(18)9-17(14)15(19)20/h8,11,14H,6-7,9-10H2,1-5H3,(H,19,20)/t14-/m1/s1. The van der Waals surface area contributed by atoms with E-state index in [1.807, 2.05) is 0 Å². The van der Waals surface area contributed by atoms with Gasteiger partial charge in [-0.2, -0.15) is 0 Å². The highest BCUT2D eigenvalue weighted by Gasteiger charge is 2.43. The SMILES string of the molecule is CC(C)(C)[Si](C)(C)OC[C@@H]1C(C2CC2)=CC(=O)CN1C(=O)O. The van der Waals surface area contributed by atoms with E-state index in [-0.39, 0.29) is 23.4 Å². The largest absolute Gasteiger partial charge is 0.465 e. The van der Waals surface area contributed by atoms with E-state index in [9.17, 15) is 14.7 Å². The van der Waals surface area contributed by atoms with Crippen molar-refractivity contribution < 1.29 is 19.1 Å². The summed E-state index contributed by atoms with van der Waals surface area (Å²) in [6.07, 6.45) is 2.71. The molecule has 1 fully saturated rings. The molecule has 0 saturated heterocycles. The van der Waals surface area contributed by atoms with Crippen LogP contribution in [0, 0.1) is 5.92 Å². The number of ketones is 1. The fraction of sp³-hybridized carbons (Fsp3) is 0.750. The van der Waals surface area contributed by atoms with E-state index >= 15 is 0 Å². The third-order valence-electron chi connectivity index (χ3n) is 5.12. The summed E-state index contributed by atoms with van der Waals surface area (Å²) in [5, 5.41) is 9.52. The van der Waals surface area contributed by atoms with Gasteiger partial charge in [0.25, 0.3) is 0 Å². The Morgan fingerprint density at radius 1 is 1.41 bits per heavy atom. The zero-order valence-corrected chi connectivity index (χ0v) is 15.2. The third kappa shape index (κ3) is 3.60. The number of carboxylic acid groups (broad SMARTS) is 1. The number of rotatable bonds is 4. The Bertz CT molecular complexity index is 503. The molecular weight excluding hydrogens is 298 g/mol. The molecule has 0 aromatic carbocycles. The van der Waals surface area contributed by atoms with Crippen molar-refractivity contribution in [2.45, 2.75) is 57.8 Å². The maximum Gasteiger partial charge on any atom is 0.408 e. The van der Waals surface area contributed by atoms with Crippen molar-refractivity contribution in [2.24, 2.45) is 5.92 Å². The van der Waals surface area contributed by atoms with Crippen LogP contribution < -0.4 is 0 Å². The lowest BCUT2D eigenvalue weighted by Crippen LogP contribution is -2.52. The van der Waals surface area contributed by atoms with Crippen LogP contribution in [0.4, 0.5) is 4.79 Å². The topological polar surface area (TPSA) is 66.8 Å². The number of hydrogen-bond acceptors (Lipinski definition) is 3. The minimum Gasteiger partial charge on any atom is -0.465 e. The van der Waals surface area contributed by atoms with Gasteiger partial charge in [-0.3, -0.25) is 9.69 Å². The molecule has 2 rings (SSSR count). The summed E-state index contributed by atoms with van der Waals surface area (Å²) in [4.78, 5) is 24.6. The Kier molecular flexibility index (Phi) is 4.55. The second kappa shape index (κ2) is 5.81. The summed E-state index contributed by atoms with van der Waals surface area (Å²) in [6.45, 7) is 11.1. The lowest BCUT2D eigenvalue weighted by Gasteiger charge is -2.40. The van der Waals surface area contributed by atoms with Gasteiger partial charge >= 0.3 is 6.09 Å². The molecule has 0 aromatic heterocycles. The van der Waals surface area contributed by atoms with Crippen LogP contribution in [0.3, 0.4) is 0 Å². The fourth-order valence-corrected chi connectivity index (χ4v) is 3.49. The van der Waals surface area contributed by atoms with Crippen LogP contribution in [0.15, 0.2) is 11.6 Å². The molecule has 2 aliphatic rings. The molecule has 1 atom stereocenters. The van der Waals surface area contributed by atoms with Gasteiger partial charge in [0.1, 0.15) is 0 Å². The zero-order valence-electron chi connectivity index (χ0n) is 14.2. The van der Waals surface area contributed by atoms with E-state index in [1.54, 1.807) is 6.08 Å². The summed E-state index contributed by atoms with van der Waals surface area (Å²) >= 11 is 0. The van der Waals surface area contributed by atoms with Crippen molar-refractivity contribution in [3.63, 3.8) is 0 Å². The molecule has 1 N–H and O–H groups in total. The average Bonchev–Trinajstić information content (AvgIpc) is 3.18. The quantitative estimate of drug-likeness (QED) is 0.806. The minimum absolute atomic E-state index is 0.0585. The van der Waals surface area contributed by atoms with Crippen molar-refractivity contribution in [1.82, 2.24) is 4.90 Å². The highest BCUT2D eigenvalue weighted by Crippen LogP contribution is 2.42. The molecule has 0 radical (unpaired) electrons. The van der Waals surface area contributed by atoms with Gasteiger partial charge in [-0.1, -0.05) is 20.8 Å². The molecule has 0 bridgehead atoms. The van der Waals surface area contributed by atoms with E-state index in [0.29, 0.717) is 12.5 Å². The number of hydrogen-bond donors (Lipinski definition) is 1. The Morgan fingerprint density at radius 2 is 2.00 bits per heavy atom. The first-order valence-electron chi connectivity index (χ1n) is 7.91. The Morgan fingerprint density at radius 3 is 2.45 bits per heavy atom. The zero-order chi connectivity index (χ0) is 16.7. The minimum atomic E-state index is -1.95. The monoisotopic (exact) mass is 325 g/mol. The average molecular weight is 325 g/mol. The van der Waals surface area contributed by atoms with Crippen molar-refractivity contribution in [2.75, 3.05) is 13.2 Å². The smallest absolute Gasteiger partial charge is 0.408 e. The lowest BCUT2D eigenvalue weighted by atomic mass is 9.96. The Hall–Kier alpha value is -1.14. The molecule has 124 valence electrons. The van der Waals surface area contributed by atoms with Crippen molar-refractivity contribution >= 4 is 20.2 Å². The fourth-order valence-electron chi connectivity index (χ4n) is 2.48. The first-order chi connectivity index (χ1) is 10.0. The number of amides is 1. The molecule has 1 aliphatic carbocycles. The van der Waals surface area contributed by atoms with Crippen LogP contribution in [0.1, 0.15) is 33.6 Å². The number of nitrogens with zero attached hydrogens (tertiary/aromatic N) is 1. The number of carbonyl (C=O) groups is 2. The van der Waals surface area contributed by atoms with Gasteiger partial charge in [-0.25, -0.2) is 4.79 Å². The molecule has 22 heavy (non-hydrogen) atoms. The molecule has 1 heterocycles. The van der Waals surface area contributed by atoms with E-state index in [1.165, 1.54) is 4.90 Å². The normalized spacial score (nSPS) is 23.5. The van der Waals surface area contributed by atoms with Crippen LogP contribution in [-0.2, 0) is 9.22 Å². The van der Waals surface area contributed by atoms with Crippen LogP contribution in [0.25, 0.3) is 0 Å². The van der Waals surface area contributed by atoms with Crippen molar-refractivity contribution in [1.29, 1.82) is 0 Å². The lowest BCUT2D eigenvalue weighted by molar-refractivity contribution is -0.116. The van der Waals surface area contributed by atoms with Gasteiger partial charge in [0.15, 0.2) is 14.1 Å². The van der Waals surface area contributed by atoms with Crippen molar-refractivity contribution in [3.05, 3.63) is 11.6 Å².